The van der Waals surface area contributed by atoms with Crippen LogP contribution in [0.4, 0.5) is 11.5 Å². The number of aryl methyl sites for hydroxylation is 1. The smallest absolute Gasteiger partial charge is 0.270 e. The number of carbonyl (C=O) groups excluding carboxylic acids is 1. The van der Waals surface area contributed by atoms with Crippen molar-refractivity contribution in [2.45, 2.75) is 26.8 Å². The fourth-order valence-electron chi connectivity index (χ4n) is 1.77. The Morgan fingerprint density at radius 2 is 1.86 bits per heavy atom. The molecule has 110 valence electrons. The average Bonchev–Trinajstić information content (AvgIpc) is 2.40. The Labute approximate surface area is 132 Å². The van der Waals surface area contributed by atoms with E-state index in [1.165, 1.54) is 0 Å². The number of hydrogen-bond donors (Lipinski definition) is 2. The van der Waals surface area contributed by atoms with E-state index in [1.54, 1.807) is 13.0 Å². The van der Waals surface area contributed by atoms with E-state index in [1.807, 2.05) is 38.1 Å². The predicted octanol–water partition coefficient (Wildman–Crippen LogP) is 3.43. The summed E-state index contributed by atoms with van der Waals surface area (Å²) in [6.45, 7) is 5.58. The number of rotatable bonds is 4. The van der Waals surface area contributed by atoms with Crippen molar-refractivity contribution in [2.24, 2.45) is 0 Å². The van der Waals surface area contributed by atoms with Gasteiger partial charge >= 0.3 is 0 Å². The fraction of sp³-hybridized carbons (Fsp3) is 0.267. The van der Waals surface area contributed by atoms with Crippen LogP contribution in [-0.2, 0) is 0 Å². The number of hydrogen-bond acceptors (Lipinski definition) is 4. The third-order valence-corrected chi connectivity index (χ3v) is 3.14. The van der Waals surface area contributed by atoms with Gasteiger partial charge in [0.05, 0.1) is 0 Å². The summed E-state index contributed by atoms with van der Waals surface area (Å²) >= 11 is 3.39. The normalized spacial score (nSPS) is 10.5. The monoisotopic (exact) mass is 348 g/mol. The number of carbonyl (C=O) groups is 1. The highest BCUT2D eigenvalue weighted by Crippen LogP contribution is 2.18. The number of nitrogens with one attached hydrogen (secondary N) is 2. The lowest BCUT2D eigenvalue weighted by Crippen LogP contribution is -2.31. The fourth-order valence-corrected chi connectivity index (χ4v) is 2.03. The molecule has 0 fully saturated rings. The number of aromatic nitrogens is 2. The van der Waals surface area contributed by atoms with Gasteiger partial charge in [-0.25, -0.2) is 9.97 Å². The van der Waals surface area contributed by atoms with Crippen LogP contribution in [0.15, 0.2) is 34.8 Å². The molecule has 0 radical (unpaired) electrons. The van der Waals surface area contributed by atoms with Crippen LogP contribution in [0.2, 0.25) is 0 Å². The number of nitrogens with zero attached hydrogens (tertiary/aromatic N) is 2. The largest absolute Gasteiger partial charge is 0.349 e. The highest BCUT2D eigenvalue weighted by atomic mass is 79.9. The summed E-state index contributed by atoms with van der Waals surface area (Å²) in [4.78, 5) is 20.5. The minimum Gasteiger partial charge on any atom is -0.349 e. The van der Waals surface area contributed by atoms with Gasteiger partial charge in [0.15, 0.2) is 0 Å². The first kappa shape index (κ1) is 15.4. The van der Waals surface area contributed by atoms with Crippen molar-refractivity contribution < 1.29 is 4.79 Å². The third-order valence-electron chi connectivity index (χ3n) is 2.61. The van der Waals surface area contributed by atoms with Crippen molar-refractivity contribution in [3.8, 4) is 0 Å². The summed E-state index contributed by atoms with van der Waals surface area (Å²) < 4.78 is 1.00. The lowest BCUT2D eigenvalue weighted by Gasteiger charge is -2.10. The Balaban J connectivity index is 2.22. The third kappa shape index (κ3) is 4.53. The quantitative estimate of drug-likeness (QED) is 0.888. The van der Waals surface area contributed by atoms with Gasteiger partial charge in [0.25, 0.3) is 5.91 Å². The lowest BCUT2D eigenvalue weighted by molar-refractivity contribution is 0.0937. The van der Waals surface area contributed by atoms with E-state index in [0.717, 1.165) is 10.2 Å². The highest BCUT2D eigenvalue weighted by Gasteiger charge is 2.11. The molecule has 0 bridgehead atoms. The number of halogens is 1. The van der Waals surface area contributed by atoms with Gasteiger partial charge in [0.2, 0.25) is 0 Å². The molecule has 0 saturated carbocycles. The first-order valence-corrected chi connectivity index (χ1v) is 7.42. The van der Waals surface area contributed by atoms with Gasteiger partial charge in [-0.3, -0.25) is 4.79 Å². The molecule has 1 heterocycles. The maximum absolute atomic E-state index is 12.0. The summed E-state index contributed by atoms with van der Waals surface area (Å²) in [5.74, 6) is 0.944. The molecule has 2 aromatic rings. The average molecular weight is 349 g/mol. The maximum atomic E-state index is 12.0. The molecule has 2 rings (SSSR count). The Morgan fingerprint density at radius 1 is 1.19 bits per heavy atom. The van der Waals surface area contributed by atoms with Crippen LogP contribution in [0.3, 0.4) is 0 Å². The minimum absolute atomic E-state index is 0.0654. The molecule has 1 aromatic heterocycles. The first-order valence-electron chi connectivity index (χ1n) is 6.63. The molecular formula is C15H17BrN4O. The Bertz CT molecular complexity index is 641. The molecule has 0 aliphatic heterocycles. The van der Waals surface area contributed by atoms with Crippen LogP contribution in [0, 0.1) is 6.92 Å². The molecule has 0 aliphatic rings. The van der Waals surface area contributed by atoms with Gasteiger partial charge in [0.1, 0.15) is 17.3 Å². The molecule has 5 nitrogen and oxygen atoms in total. The Kier molecular flexibility index (Phi) is 4.90. The van der Waals surface area contributed by atoms with E-state index in [2.05, 4.69) is 36.5 Å². The van der Waals surface area contributed by atoms with Gasteiger partial charge in [-0.1, -0.05) is 15.9 Å². The van der Waals surface area contributed by atoms with Crippen molar-refractivity contribution in [2.75, 3.05) is 5.32 Å². The van der Waals surface area contributed by atoms with Crippen molar-refractivity contribution in [3.05, 3.63) is 46.3 Å². The molecule has 0 unspecified atom stereocenters. The van der Waals surface area contributed by atoms with Crippen LogP contribution in [0.25, 0.3) is 0 Å². The summed E-state index contributed by atoms with van der Waals surface area (Å²) in [5, 5.41) is 5.99. The van der Waals surface area contributed by atoms with E-state index in [-0.39, 0.29) is 11.9 Å². The molecule has 21 heavy (non-hydrogen) atoms. The van der Waals surface area contributed by atoms with Gasteiger partial charge in [-0.05, 0) is 45.0 Å². The van der Waals surface area contributed by atoms with E-state index in [0.29, 0.717) is 17.3 Å². The molecule has 0 spiro atoms. The molecule has 2 N–H and O–H groups in total. The summed E-state index contributed by atoms with van der Waals surface area (Å²) in [6, 6.07) is 9.43. The predicted molar refractivity (Wildman–Crippen MR) is 86.8 cm³/mol. The molecular weight excluding hydrogens is 332 g/mol. The van der Waals surface area contributed by atoms with Crippen LogP contribution >= 0.6 is 15.9 Å². The van der Waals surface area contributed by atoms with Gasteiger partial charge in [-0.2, -0.15) is 0 Å². The second-order valence-electron chi connectivity index (χ2n) is 4.95. The van der Waals surface area contributed by atoms with E-state index in [9.17, 15) is 4.79 Å². The van der Waals surface area contributed by atoms with Gasteiger partial charge in [0, 0.05) is 22.3 Å². The van der Waals surface area contributed by atoms with Crippen LogP contribution in [0.1, 0.15) is 30.2 Å². The molecule has 0 aliphatic carbocycles. The zero-order valence-corrected chi connectivity index (χ0v) is 13.7. The Morgan fingerprint density at radius 3 is 2.48 bits per heavy atom. The van der Waals surface area contributed by atoms with E-state index >= 15 is 0 Å². The molecule has 6 heteroatoms. The van der Waals surface area contributed by atoms with Crippen molar-refractivity contribution in [3.63, 3.8) is 0 Å². The Hall–Kier alpha value is -1.95. The topological polar surface area (TPSA) is 66.9 Å². The van der Waals surface area contributed by atoms with Crippen molar-refractivity contribution in [1.29, 1.82) is 0 Å². The number of benzene rings is 1. The van der Waals surface area contributed by atoms with Gasteiger partial charge < -0.3 is 10.6 Å². The van der Waals surface area contributed by atoms with E-state index in [4.69, 9.17) is 0 Å². The van der Waals surface area contributed by atoms with Crippen LogP contribution in [0.5, 0.6) is 0 Å². The van der Waals surface area contributed by atoms with Crippen LogP contribution < -0.4 is 10.6 Å². The standard InChI is InChI=1S/C15H17BrN4O/c1-9(2)17-15(21)13-8-14(19-10(3)18-13)20-12-6-4-11(16)5-7-12/h4-9H,1-3H3,(H,17,21)(H,18,19,20). The summed E-state index contributed by atoms with van der Waals surface area (Å²) in [6.07, 6.45) is 0. The zero-order valence-electron chi connectivity index (χ0n) is 12.1. The first-order chi connectivity index (χ1) is 9.94. The van der Waals surface area contributed by atoms with Crippen molar-refractivity contribution in [1.82, 2.24) is 15.3 Å². The number of anilines is 2. The molecule has 1 amide bonds. The van der Waals surface area contributed by atoms with Crippen LogP contribution in [-0.4, -0.2) is 21.9 Å². The highest BCUT2D eigenvalue weighted by molar-refractivity contribution is 9.10. The number of amides is 1. The summed E-state index contributed by atoms with van der Waals surface area (Å²) in [7, 11) is 0. The zero-order chi connectivity index (χ0) is 15.4. The maximum Gasteiger partial charge on any atom is 0.270 e. The second-order valence-corrected chi connectivity index (χ2v) is 5.86. The second kappa shape index (κ2) is 6.67. The SMILES string of the molecule is Cc1nc(Nc2ccc(Br)cc2)cc(C(=O)NC(C)C)n1. The lowest BCUT2D eigenvalue weighted by atomic mass is 10.3. The van der Waals surface area contributed by atoms with Gasteiger partial charge in [-0.15, -0.1) is 0 Å². The molecule has 0 saturated heterocycles. The molecule has 1 aromatic carbocycles. The summed E-state index contributed by atoms with van der Waals surface area (Å²) in [5.41, 5.74) is 1.25. The van der Waals surface area contributed by atoms with Crippen molar-refractivity contribution >= 4 is 33.3 Å². The molecule has 0 atom stereocenters. The van der Waals surface area contributed by atoms with E-state index < -0.39 is 0 Å². The minimum atomic E-state index is -0.200.